The van der Waals surface area contributed by atoms with Crippen molar-refractivity contribution in [1.82, 2.24) is 0 Å². The van der Waals surface area contributed by atoms with Gasteiger partial charge in [-0.1, -0.05) is 44.2 Å². The summed E-state index contributed by atoms with van der Waals surface area (Å²) in [6.45, 7) is 7.30. The third kappa shape index (κ3) is 4.80. The molecule has 0 radical (unpaired) electrons. The number of hydrogen-bond donors (Lipinski definition) is 0. The molecule has 25 heavy (non-hydrogen) atoms. The molecule has 138 valence electrons. The molecule has 1 unspecified atom stereocenters. The standard InChI is InChI=1S/C19H26O6/c1-5-19(12-22-11-16-9-7-6-8-10-16)13(2)17(23-14(3)20)18(25-19)24-15(4)21/h6-10,13,17-18H,5,11-12H2,1-4H3/t13-,17+,18?,19+/m0/s1. The molecule has 0 N–H and O–H groups in total. The molecule has 0 aromatic heterocycles. The summed E-state index contributed by atoms with van der Waals surface area (Å²) in [5.74, 6) is -1.09. The minimum absolute atomic E-state index is 0.179. The lowest BCUT2D eigenvalue weighted by Gasteiger charge is -2.31. The van der Waals surface area contributed by atoms with E-state index in [-0.39, 0.29) is 5.92 Å². The maximum atomic E-state index is 11.4. The number of carbonyl (C=O) groups is 2. The Hall–Kier alpha value is -1.92. The molecular weight excluding hydrogens is 324 g/mol. The van der Waals surface area contributed by atoms with Crippen molar-refractivity contribution >= 4 is 11.9 Å². The van der Waals surface area contributed by atoms with Crippen molar-refractivity contribution in [2.45, 2.75) is 58.7 Å². The first-order valence-corrected chi connectivity index (χ1v) is 8.52. The smallest absolute Gasteiger partial charge is 0.305 e. The lowest BCUT2D eigenvalue weighted by Crippen LogP contribution is -2.41. The van der Waals surface area contributed by atoms with E-state index in [1.54, 1.807) is 0 Å². The Morgan fingerprint density at radius 3 is 2.32 bits per heavy atom. The van der Waals surface area contributed by atoms with Crippen LogP contribution in [0, 0.1) is 5.92 Å². The monoisotopic (exact) mass is 350 g/mol. The molecular formula is C19H26O6. The predicted molar refractivity (Wildman–Crippen MR) is 90.5 cm³/mol. The Balaban J connectivity index is 2.08. The van der Waals surface area contributed by atoms with Gasteiger partial charge in [0, 0.05) is 19.8 Å². The minimum atomic E-state index is -0.920. The molecule has 1 aromatic carbocycles. The number of rotatable bonds is 7. The number of esters is 2. The van der Waals surface area contributed by atoms with Gasteiger partial charge < -0.3 is 18.9 Å². The van der Waals surface area contributed by atoms with Crippen LogP contribution in [0.5, 0.6) is 0 Å². The second kappa shape index (κ2) is 8.45. The van der Waals surface area contributed by atoms with Gasteiger partial charge in [0.15, 0.2) is 6.10 Å². The zero-order valence-corrected chi connectivity index (χ0v) is 15.2. The molecule has 0 amide bonds. The normalized spacial score (nSPS) is 28.6. The molecule has 1 fully saturated rings. The highest BCUT2D eigenvalue weighted by atomic mass is 16.7. The van der Waals surface area contributed by atoms with Crippen LogP contribution in [0.1, 0.15) is 39.7 Å². The second-order valence-electron chi connectivity index (χ2n) is 6.36. The van der Waals surface area contributed by atoms with Crippen molar-refractivity contribution in [2.75, 3.05) is 6.61 Å². The highest BCUT2D eigenvalue weighted by molar-refractivity contribution is 5.67. The van der Waals surface area contributed by atoms with Gasteiger partial charge in [-0.15, -0.1) is 0 Å². The van der Waals surface area contributed by atoms with Crippen molar-refractivity contribution in [1.29, 1.82) is 0 Å². The maximum Gasteiger partial charge on any atom is 0.305 e. The summed E-state index contributed by atoms with van der Waals surface area (Å²) in [5, 5.41) is 0. The predicted octanol–water partition coefficient (Wildman–Crippen LogP) is 2.84. The fourth-order valence-electron chi connectivity index (χ4n) is 3.13. The summed E-state index contributed by atoms with van der Waals surface area (Å²) >= 11 is 0. The topological polar surface area (TPSA) is 71.1 Å². The molecule has 4 atom stereocenters. The fraction of sp³-hybridized carbons (Fsp3) is 0.579. The van der Waals surface area contributed by atoms with Gasteiger partial charge in [-0.2, -0.15) is 0 Å². The lowest BCUT2D eigenvalue weighted by molar-refractivity contribution is -0.211. The van der Waals surface area contributed by atoms with Crippen LogP contribution in [-0.2, 0) is 35.1 Å². The molecule has 1 saturated heterocycles. The van der Waals surface area contributed by atoms with Gasteiger partial charge in [0.2, 0.25) is 6.29 Å². The number of carbonyl (C=O) groups excluding carboxylic acids is 2. The van der Waals surface area contributed by atoms with E-state index in [2.05, 4.69) is 0 Å². The Kier molecular flexibility index (Phi) is 6.56. The summed E-state index contributed by atoms with van der Waals surface area (Å²) in [6, 6.07) is 9.83. The highest BCUT2D eigenvalue weighted by Gasteiger charge is 2.55. The maximum absolute atomic E-state index is 11.4. The summed E-state index contributed by atoms with van der Waals surface area (Å²) < 4.78 is 22.5. The van der Waals surface area contributed by atoms with Crippen molar-refractivity contribution in [3.63, 3.8) is 0 Å². The van der Waals surface area contributed by atoms with Gasteiger partial charge in [-0.3, -0.25) is 9.59 Å². The van der Waals surface area contributed by atoms with Crippen molar-refractivity contribution in [2.24, 2.45) is 5.92 Å². The first kappa shape index (κ1) is 19.4. The van der Waals surface area contributed by atoms with Crippen molar-refractivity contribution in [3.05, 3.63) is 35.9 Å². The van der Waals surface area contributed by atoms with Crippen LogP contribution in [0.15, 0.2) is 30.3 Å². The van der Waals surface area contributed by atoms with Gasteiger partial charge in [0.25, 0.3) is 0 Å². The van der Waals surface area contributed by atoms with E-state index in [0.29, 0.717) is 19.6 Å². The van der Waals surface area contributed by atoms with Crippen LogP contribution in [0.3, 0.4) is 0 Å². The van der Waals surface area contributed by atoms with E-state index in [1.807, 2.05) is 44.2 Å². The number of hydrogen-bond acceptors (Lipinski definition) is 6. The molecule has 0 bridgehead atoms. The van der Waals surface area contributed by atoms with Crippen molar-refractivity contribution in [3.8, 4) is 0 Å². The summed E-state index contributed by atoms with van der Waals surface area (Å²) in [5.41, 5.74) is 0.377. The first-order valence-electron chi connectivity index (χ1n) is 8.52. The van der Waals surface area contributed by atoms with Crippen molar-refractivity contribution < 1.29 is 28.5 Å². The zero-order valence-electron chi connectivity index (χ0n) is 15.2. The molecule has 1 aliphatic rings. The minimum Gasteiger partial charge on any atom is -0.455 e. The van der Waals surface area contributed by atoms with Gasteiger partial charge in [0.05, 0.1) is 13.2 Å². The van der Waals surface area contributed by atoms with Crippen LogP contribution in [-0.4, -0.2) is 36.5 Å². The van der Waals surface area contributed by atoms with Crippen LogP contribution in [0.4, 0.5) is 0 Å². The van der Waals surface area contributed by atoms with E-state index in [9.17, 15) is 9.59 Å². The molecule has 0 saturated carbocycles. The third-order valence-electron chi connectivity index (χ3n) is 4.58. The van der Waals surface area contributed by atoms with Crippen LogP contribution < -0.4 is 0 Å². The molecule has 6 nitrogen and oxygen atoms in total. The van der Waals surface area contributed by atoms with Gasteiger partial charge in [-0.25, -0.2) is 0 Å². The number of benzene rings is 1. The second-order valence-corrected chi connectivity index (χ2v) is 6.36. The first-order chi connectivity index (χ1) is 11.9. The van der Waals surface area contributed by atoms with E-state index < -0.39 is 29.9 Å². The van der Waals surface area contributed by atoms with Crippen LogP contribution in [0.25, 0.3) is 0 Å². The molecule has 1 aromatic rings. The average Bonchev–Trinajstić information content (AvgIpc) is 2.81. The van der Waals surface area contributed by atoms with E-state index in [1.165, 1.54) is 13.8 Å². The van der Waals surface area contributed by atoms with E-state index >= 15 is 0 Å². The van der Waals surface area contributed by atoms with E-state index in [4.69, 9.17) is 18.9 Å². The molecule has 0 spiro atoms. The Bertz CT molecular complexity index is 587. The van der Waals surface area contributed by atoms with Gasteiger partial charge >= 0.3 is 11.9 Å². The third-order valence-corrected chi connectivity index (χ3v) is 4.58. The lowest BCUT2D eigenvalue weighted by atomic mass is 9.85. The van der Waals surface area contributed by atoms with E-state index in [0.717, 1.165) is 5.56 Å². The quantitative estimate of drug-likeness (QED) is 0.704. The molecule has 0 aliphatic carbocycles. The number of ether oxygens (including phenoxy) is 4. The summed E-state index contributed by atoms with van der Waals surface area (Å²) in [4.78, 5) is 22.8. The molecule has 2 rings (SSSR count). The Morgan fingerprint density at radius 2 is 1.76 bits per heavy atom. The zero-order chi connectivity index (χ0) is 18.4. The largest absolute Gasteiger partial charge is 0.455 e. The highest BCUT2D eigenvalue weighted by Crippen LogP contribution is 2.41. The Morgan fingerprint density at radius 1 is 1.12 bits per heavy atom. The SMILES string of the molecule is CC[C@]1(COCc2ccccc2)OC(OC(C)=O)[C@H](OC(C)=O)[C@@H]1C. The van der Waals surface area contributed by atoms with Gasteiger partial charge in [0.1, 0.15) is 5.60 Å². The fourth-order valence-corrected chi connectivity index (χ4v) is 3.13. The molecule has 1 heterocycles. The average molecular weight is 350 g/mol. The summed E-state index contributed by atoms with van der Waals surface area (Å²) in [7, 11) is 0. The Labute approximate surface area is 148 Å². The van der Waals surface area contributed by atoms with Crippen LogP contribution >= 0.6 is 0 Å². The molecule has 6 heteroatoms. The van der Waals surface area contributed by atoms with Gasteiger partial charge in [-0.05, 0) is 12.0 Å². The molecule has 1 aliphatic heterocycles. The summed E-state index contributed by atoms with van der Waals surface area (Å²) in [6.07, 6.45) is -0.934. The van der Waals surface area contributed by atoms with Crippen LogP contribution in [0.2, 0.25) is 0 Å².